The molecule has 0 saturated carbocycles. The van der Waals surface area contributed by atoms with Crippen molar-refractivity contribution in [1.82, 2.24) is 0 Å². The summed E-state index contributed by atoms with van der Waals surface area (Å²) < 4.78 is 20.7. The fraction of sp³-hybridized carbons (Fsp3) is 0.154. The molecule has 4 rings (SSSR count). The molecule has 0 fully saturated rings. The molecule has 0 aliphatic carbocycles. The molecule has 0 bridgehead atoms. The topological polar surface area (TPSA) is 105 Å². The molecule has 2 aliphatic rings. The largest absolute Gasteiger partial charge is 0.465 e. The van der Waals surface area contributed by atoms with Crippen LogP contribution in [0.2, 0.25) is 0 Å². The minimum Gasteiger partial charge on any atom is -0.465 e. The van der Waals surface area contributed by atoms with Gasteiger partial charge in [-0.25, -0.2) is 19.2 Å². The average Bonchev–Trinajstić information content (AvgIpc) is 3.77. The van der Waals surface area contributed by atoms with Crippen molar-refractivity contribution in [2.75, 3.05) is 28.4 Å². The van der Waals surface area contributed by atoms with E-state index in [1.54, 1.807) is 22.7 Å². The van der Waals surface area contributed by atoms with Gasteiger partial charge in [-0.05, 0) is 48.6 Å². The number of rotatable bonds is 8. The van der Waals surface area contributed by atoms with E-state index in [0.717, 1.165) is 28.0 Å². The SMILES string of the molecule is COC(=O)C1=C(C(=O)OC)SC(=Cc2ccc(/C=C/c3ccc(C=C4SC(C(=O)OC)=C(C(=O)OC)S4)s3)s2)S1. The molecule has 2 aromatic heterocycles. The number of hydrogen-bond donors (Lipinski definition) is 0. The van der Waals surface area contributed by atoms with Crippen LogP contribution in [0, 0.1) is 0 Å². The molecule has 0 spiro atoms. The number of carbonyl (C=O) groups excluding carboxylic acids is 4. The van der Waals surface area contributed by atoms with Crippen LogP contribution < -0.4 is 0 Å². The van der Waals surface area contributed by atoms with Gasteiger partial charge in [0, 0.05) is 19.5 Å². The zero-order valence-corrected chi connectivity index (χ0v) is 26.2. The van der Waals surface area contributed by atoms with Crippen LogP contribution in [0.1, 0.15) is 19.5 Å². The highest BCUT2D eigenvalue weighted by atomic mass is 32.2. The third-order valence-corrected chi connectivity index (χ3v) is 11.8. The lowest BCUT2D eigenvalue weighted by molar-refractivity contribution is -0.138. The van der Waals surface area contributed by atoms with Crippen molar-refractivity contribution < 1.29 is 38.1 Å². The van der Waals surface area contributed by atoms with Crippen molar-refractivity contribution in [2.24, 2.45) is 0 Å². The zero-order chi connectivity index (χ0) is 28.8. The van der Waals surface area contributed by atoms with E-state index in [1.165, 1.54) is 75.5 Å². The van der Waals surface area contributed by atoms with Crippen LogP contribution in [0.15, 0.2) is 52.4 Å². The highest BCUT2D eigenvalue weighted by Crippen LogP contribution is 2.52. The van der Waals surface area contributed by atoms with Gasteiger partial charge < -0.3 is 18.9 Å². The Hall–Kier alpha value is -2.62. The van der Waals surface area contributed by atoms with Gasteiger partial charge in [-0.15, -0.1) is 22.7 Å². The van der Waals surface area contributed by atoms with Gasteiger partial charge in [-0.2, -0.15) is 0 Å². The minimum absolute atomic E-state index is 0.221. The van der Waals surface area contributed by atoms with Crippen molar-refractivity contribution in [3.05, 3.63) is 71.9 Å². The molecule has 14 heteroatoms. The summed E-state index contributed by atoms with van der Waals surface area (Å²) in [6.07, 6.45) is 7.85. The normalized spacial score (nSPS) is 15.1. The summed E-state index contributed by atoms with van der Waals surface area (Å²) >= 11 is 7.88. The first-order valence-electron chi connectivity index (χ1n) is 11.1. The Labute approximate surface area is 254 Å². The minimum atomic E-state index is -0.573. The van der Waals surface area contributed by atoms with Gasteiger partial charge in [0.05, 0.1) is 36.9 Å². The molecule has 8 nitrogen and oxygen atoms in total. The summed E-state index contributed by atoms with van der Waals surface area (Å²) in [7, 11) is 5.09. The summed E-state index contributed by atoms with van der Waals surface area (Å²) in [5.74, 6) is -2.29. The number of thiophene rings is 2. The molecule has 2 aromatic rings. The second-order valence-electron chi connectivity index (χ2n) is 7.43. The standard InChI is InChI=1S/C26H20O8S6/c1-31-23(27)19-20(24(28)32-2)38-17(37-19)11-15-9-7-13(35-15)5-6-14-8-10-16(36-14)12-18-39-21(25(29)33-3)22(40-18)26(30)34-4/h5-12H,1-4H3/b6-5+. The first-order chi connectivity index (χ1) is 19.3. The lowest BCUT2D eigenvalue weighted by Crippen LogP contribution is -2.08. The molecule has 0 aromatic carbocycles. The number of esters is 4. The number of thioether (sulfide) groups is 4. The van der Waals surface area contributed by atoms with E-state index in [9.17, 15) is 19.2 Å². The van der Waals surface area contributed by atoms with Crippen LogP contribution >= 0.6 is 69.7 Å². The molecule has 0 atom stereocenters. The van der Waals surface area contributed by atoms with Gasteiger partial charge in [0.25, 0.3) is 0 Å². The first kappa shape index (κ1) is 30.3. The Bertz CT molecular complexity index is 1350. The maximum absolute atomic E-state index is 12.1. The molecule has 0 unspecified atom stereocenters. The van der Waals surface area contributed by atoms with E-state index in [2.05, 4.69) is 0 Å². The average molecular weight is 653 g/mol. The van der Waals surface area contributed by atoms with Gasteiger partial charge in [-0.1, -0.05) is 47.0 Å². The van der Waals surface area contributed by atoms with E-state index in [4.69, 9.17) is 18.9 Å². The summed E-state index contributed by atoms with van der Waals surface area (Å²) in [6, 6.07) is 7.92. The smallest absolute Gasteiger partial charge is 0.346 e. The van der Waals surface area contributed by atoms with E-state index < -0.39 is 23.9 Å². The summed E-state index contributed by atoms with van der Waals surface area (Å²) in [4.78, 5) is 53.2. The number of hydrogen-bond acceptors (Lipinski definition) is 14. The molecule has 208 valence electrons. The lowest BCUT2D eigenvalue weighted by atomic mass is 10.3. The van der Waals surface area contributed by atoms with Crippen molar-refractivity contribution in [2.45, 2.75) is 0 Å². The van der Waals surface area contributed by atoms with Gasteiger partial charge in [0.2, 0.25) is 0 Å². The Morgan fingerprint density at radius 2 is 0.775 bits per heavy atom. The molecule has 4 heterocycles. The molecule has 2 aliphatic heterocycles. The maximum atomic E-state index is 12.1. The van der Waals surface area contributed by atoms with Crippen molar-refractivity contribution in [3.63, 3.8) is 0 Å². The van der Waals surface area contributed by atoms with Gasteiger partial charge >= 0.3 is 23.9 Å². The van der Waals surface area contributed by atoms with Gasteiger partial charge in [-0.3, -0.25) is 0 Å². The second-order valence-corrected chi connectivity index (χ2v) is 14.5. The van der Waals surface area contributed by atoms with Crippen LogP contribution in [-0.4, -0.2) is 52.3 Å². The van der Waals surface area contributed by atoms with Crippen LogP contribution in [0.25, 0.3) is 24.3 Å². The number of methoxy groups -OCH3 is 4. The predicted octanol–water partition coefficient (Wildman–Crippen LogP) is 6.65. The van der Waals surface area contributed by atoms with Crippen molar-refractivity contribution in [1.29, 1.82) is 0 Å². The summed E-state index contributed by atoms with van der Waals surface area (Å²) in [5.41, 5.74) is 0. The van der Waals surface area contributed by atoms with Crippen molar-refractivity contribution >= 4 is 118 Å². The molecule has 0 saturated heterocycles. The zero-order valence-electron chi connectivity index (χ0n) is 21.3. The molecular formula is C26H20O8S6. The van der Waals surface area contributed by atoms with Crippen LogP contribution in [-0.2, 0) is 38.1 Å². The molecular weight excluding hydrogens is 633 g/mol. The molecule has 0 amide bonds. The summed E-state index contributed by atoms with van der Waals surface area (Å²) in [5, 5.41) is 0. The van der Waals surface area contributed by atoms with E-state index >= 15 is 0 Å². The third-order valence-electron chi connectivity index (χ3n) is 4.93. The van der Waals surface area contributed by atoms with E-state index in [-0.39, 0.29) is 19.6 Å². The Morgan fingerprint density at radius 1 is 0.500 bits per heavy atom. The Morgan fingerprint density at radius 3 is 1.05 bits per heavy atom. The van der Waals surface area contributed by atoms with Crippen LogP contribution in [0.5, 0.6) is 0 Å². The first-order valence-corrected chi connectivity index (χ1v) is 16.0. The van der Waals surface area contributed by atoms with Crippen molar-refractivity contribution in [3.8, 4) is 0 Å². The molecule has 0 N–H and O–H groups in total. The fourth-order valence-electron chi connectivity index (χ4n) is 3.12. The highest BCUT2D eigenvalue weighted by Gasteiger charge is 2.33. The monoisotopic (exact) mass is 652 g/mol. The van der Waals surface area contributed by atoms with Crippen LogP contribution in [0.3, 0.4) is 0 Å². The number of ether oxygens (including phenoxy) is 4. The highest BCUT2D eigenvalue weighted by molar-refractivity contribution is 8.30. The predicted molar refractivity (Wildman–Crippen MR) is 166 cm³/mol. The summed E-state index contributed by atoms with van der Waals surface area (Å²) in [6.45, 7) is 0. The van der Waals surface area contributed by atoms with E-state index in [1.807, 2.05) is 48.6 Å². The molecule has 0 radical (unpaired) electrons. The molecule has 40 heavy (non-hydrogen) atoms. The third kappa shape index (κ3) is 7.17. The van der Waals surface area contributed by atoms with Gasteiger partial charge in [0.15, 0.2) is 0 Å². The number of carbonyl (C=O) groups is 4. The Kier molecular flexibility index (Phi) is 10.5. The van der Waals surface area contributed by atoms with Gasteiger partial charge in [0.1, 0.15) is 19.6 Å². The Balaban J connectivity index is 1.42. The fourth-order valence-corrected chi connectivity index (χ4v) is 9.89. The lowest BCUT2D eigenvalue weighted by Gasteiger charge is -2.00. The second kappa shape index (κ2) is 13.8. The van der Waals surface area contributed by atoms with Crippen LogP contribution in [0.4, 0.5) is 0 Å². The maximum Gasteiger partial charge on any atom is 0.346 e. The quantitative estimate of drug-likeness (QED) is 0.225. The van der Waals surface area contributed by atoms with E-state index in [0.29, 0.717) is 0 Å².